The molecule has 0 spiro atoms. The summed E-state index contributed by atoms with van der Waals surface area (Å²) in [4.78, 5) is 12.3. The van der Waals surface area contributed by atoms with Crippen LogP contribution in [-0.4, -0.2) is 61.6 Å². The van der Waals surface area contributed by atoms with Crippen LogP contribution in [0, 0.1) is 12.8 Å². The van der Waals surface area contributed by atoms with Crippen molar-refractivity contribution in [1.29, 1.82) is 0 Å². The van der Waals surface area contributed by atoms with Crippen molar-refractivity contribution in [2.24, 2.45) is 5.92 Å². The third-order valence-electron chi connectivity index (χ3n) is 5.70. The Morgan fingerprint density at radius 2 is 1.77 bits per heavy atom. The molecule has 192 valence electrons. The maximum Gasteiger partial charge on any atom is 0.474 e. The van der Waals surface area contributed by atoms with Gasteiger partial charge in [-0.05, 0) is 43.0 Å². The summed E-state index contributed by atoms with van der Waals surface area (Å²) in [6, 6.07) is 8.03. The predicted octanol–water partition coefficient (Wildman–Crippen LogP) is 4.31. The zero-order valence-electron chi connectivity index (χ0n) is 20.9. The molecule has 1 aromatic carbocycles. The van der Waals surface area contributed by atoms with Crippen LogP contribution in [0.4, 0.5) is 0 Å². The number of hydrogen-bond donors (Lipinski definition) is 1. The van der Waals surface area contributed by atoms with Gasteiger partial charge in [-0.25, -0.2) is 18.0 Å². The van der Waals surface area contributed by atoms with E-state index in [9.17, 15) is 13.0 Å². The maximum atomic E-state index is 13.4. The number of nitrogens with zero attached hydrogens (tertiary/aromatic N) is 3. The summed E-state index contributed by atoms with van der Waals surface area (Å²) in [7, 11) is -3.64. The molecule has 0 unspecified atom stereocenters. The van der Waals surface area contributed by atoms with Crippen molar-refractivity contribution in [3.63, 3.8) is 0 Å². The summed E-state index contributed by atoms with van der Waals surface area (Å²) in [5, 5.41) is 0. The molecule has 12 heteroatoms. The second-order valence-electron chi connectivity index (χ2n) is 8.71. The Labute approximate surface area is 206 Å². The Morgan fingerprint density at radius 3 is 2.37 bits per heavy atom. The molecule has 3 aromatic rings. The number of fused-ring (bicyclic) bond motifs is 1. The van der Waals surface area contributed by atoms with Gasteiger partial charge in [-0.1, -0.05) is 26.0 Å². The van der Waals surface area contributed by atoms with E-state index in [-0.39, 0.29) is 17.4 Å². The summed E-state index contributed by atoms with van der Waals surface area (Å²) in [5.41, 5.74) is 3.45. The second kappa shape index (κ2) is 11.3. The van der Waals surface area contributed by atoms with Gasteiger partial charge in [-0.2, -0.15) is 4.31 Å². The molecule has 35 heavy (non-hydrogen) atoms. The quantitative estimate of drug-likeness (QED) is 0.348. The highest BCUT2D eigenvalue weighted by Crippen LogP contribution is 2.47. The molecular formula is C23H33N4O6PS. The Kier molecular flexibility index (Phi) is 8.85. The van der Waals surface area contributed by atoms with Crippen molar-refractivity contribution in [3.05, 3.63) is 53.6 Å². The minimum atomic E-state index is -3.84. The van der Waals surface area contributed by atoms with E-state index in [0.29, 0.717) is 12.8 Å². The van der Waals surface area contributed by atoms with Gasteiger partial charge in [0.15, 0.2) is 0 Å². The minimum Gasteiger partial charge on any atom is -0.342 e. The Bertz CT molecular complexity index is 1290. The van der Waals surface area contributed by atoms with Crippen molar-refractivity contribution in [2.45, 2.75) is 44.6 Å². The SMILES string of the molecule is COP(=O)(OC)OC[C@H](CC(C)C)N(C)S(=O)(=O)c1ccc(Cc2nccc3[nH]c(C)nc23)cc1. The van der Waals surface area contributed by atoms with Gasteiger partial charge >= 0.3 is 7.82 Å². The lowest BCUT2D eigenvalue weighted by Gasteiger charge is -2.29. The number of benzene rings is 1. The average molecular weight is 525 g/mol. The summed E-state index contributed by atoms with van der Waals surface area (Å²) >= 11 is 0. The third-order valence-corrected chi connectivity index (χ3v) is 8.98. The smallest absolute Gasteiger partial charge is 0.342 e. The number of nitrogens with one attached hydrogen (secondary N) is 1. The fourth-order valence-electron chi connectivity index (χ4n) is 3.80. The van der Waals surface area contributed by atoms with Crippen molar-refractivity contribution < 1.29 is 26.6 Å². The highest BCUT2D eigenvalue weighted by atomic mass is 32.2. The number of aromatic nitrogens is 3. The first-order valence-electron chi connectivity index (χ1n) is 11.2. The van der Waals surface area contributed by atoms with Gasteiger partial charge in [-0.3, -0.25) is 18.6 Å². The average Bonchev–Trinajstić information content (AvgIpc) is 3.22. The van der Waals surface area contributed by atoms with E-state index < -0.39 is 23.9 Å². The normalized spacial score (nSPS) is 13.7. The number of likely N-dealkylation sites (N-methyl/N-ethyl adjacent to an activating group) is 1. The lowest BCUT2D eigenvalue weighted by Crippen LogP contribution is -2.40. The molecule has 0 fully saturated rings. The molecule has 3 rings (SSSR count). The molecule has 2 aromatic heterocycles. The number of phosphoric acid groups is 1. The van der Waals surface area contributed by atoms with Gasteiger partial charge in [0, 0.05) is 39.9 Å². The van der Waals surface area contributed by atoms with Crippen molar-refractivity contribution in [1.82, 2.24) is 19.3 Å². The summed E-state index contributed by atoms with van der Waals surface area (Å²) in [6.07, 6.45) is 2.75. The summed E-state index contributed by atoms with van der Waals surface area (Å²) in [5.74, 6) is 0.986. The van der Waals surface area contributed by atoms with Crippen LogP contribution < -0.4 is 0 Å². The molecule has 1 N–H and O–H groups in total. The maximum absolute atomic E-state index is 13.4. The highest BCUT2D eigenvalue weighted by Gasteiger charge is 2.32. The summed E-state index contributed by atoms with van der Waals surface area (Å²) < 4.78 is 55.3. The van der Waals surface area contributed by atoms with Crippen molar-refractivity contribution >= 4 is 28.9 Å². The molecular weight excluding hydrogens is 491 g/mol. The number of phosphoric ester groups is 1. The topological polar surface area (TPSA) is 124 Å². The molecule has 0 aliphatic rings. The van der Waals surface area contributed by atoms with Gasteiger partial charge in [0.2, 0.25) is 10.0 Å². The number of aryl methyl sites for hydroxylation is 1. The minimum absolute atomic E-state index is 0.135. The zero-order chi connectivity index (χ0) is 25.8. The fourth-order valence-corrected chi connectivity index (χ4v) is 5.87. The number of sulfonamides is 1. The molecule has 0 amide bonds. The van der Waals surface area contributed by atoms with E-state index in [1.165, 1.54) is 25.6 Å². The van der Waals surface area contributed by atoms with Gasteiger partial charge in [0.05, 0.1) is 22.7 Å². The number of hydrogen-bond acceptors (Lipinski definition) is 8. The Balaban J connectivity index is 1.79. The Morgan fingerprint density at radius 1 is 1.11 bits per heavy atom. The second-order valence-corrected chi connectivity index (χ2v) is 12.6. The first kappa shape index (κ1) is 27.4. The largest absolute Gasteiger partial charge is 0.474 e. The molecule has 0 radical (unpaired) electrons. The number of pyridine rings is 1. The van der Waals surface area contributed by atoms with Gasteiger partial charge in [0.25, 0.3) is 0 Å². The van der Waals surface area contributed by atoms with Gasteiger partial charge in [-0.15, -0.1) is 0 Å². The summed E-state index contributed by atoms with van der Waals surface area (Å²) in [6.45, 7) is 5.71. The molecule has 10 nitrogen and oxygen atoms in total. The zero-order valence-corrected chi connectivity index (χ0v) is 22.6. The lowest BCUT2D eigenvalue weighted by atomic mass is 10.1. The molecule has 0 bridgehead atoms. The first-order valence-corrected chi connectivity index (χ1v) is 14.1. The van der Waals surface area contributed by atoms with Crippen molar-refractivity contribution in [3.8, 4) is 0 Å². The van der Waals surface area contributed by atoms with E-state index >= 15 is 0 Å². The van der Waals surface area contributed by atoms with Crippen LogP contribution in [0.2, 0.25) is 0 Å². The predicted molar refractivity (Wildman–Crippen MR) is 134 cm³/mol. The number of aromatic amines is 1. The van der Waals surface area contributed by atoms with E-state index in [1.54, 1.807) is 30.5 Å². The number of rotatable bonds is 12. The molecule has 1 atom stereocenters. The van der Waals surface area contributed by atoms with Crippen LogP contribution in [0.3, 0.4) is 0 Å². The van der Waals surface area contributed by atoms with Crippen LogP contribution in [0.5, 0.6) is 0 Å². The fraction of sp³-hybridized carbons (Fsp3) is 0.478. The lowest BCUT2D eigenvalue weighted by molar-refractivity contribution is 0.121. The number of imidazole rings is 1. The molecule has 0 saturated heterocycles. The van der Waals surface area contributed by atoms with Crippen LogP contribution in [0.15, 0.2) is 41.4 Å². The highest BCUT2D eigenvalue weighted by molar-refractivity contribution is 7.89. The van der Waals surface area contributed by atoms with Crippen LogP contribution in [-0.2, 0) is 34.6 Å². The Hall–Kier alpha value is -2.14. The molecule has 0 saturated carbocycles. The van der Waals surface area contributed by atoms with Gasteiger partial charge < -0.3 is 4.98 Å². The van der Waals surface area contributed by atoms with Crippen LogP contribution >= 0.6 is 7.82 Å². The standard InChI is InChI=1S/C23H33N4O6PS/c1-16(2)13-19(15-33-34(28,31-5)32-6)27(4)35(29,30)20-9-7-18(8-10-20)14-22-23-21(11-12-24-22)25-17(3)26-23/h7-12,16,19H,13-15H2,1-6H3,(H,25,26)/t19-/m0/s1. The molecule has 0 aliphatic heterocycles. The van der Waals surface area contributed by atoms with E-state index in [1.807, 2.05) is 26.8 Å². The van der Waals surface area contributed by atoms with Crippen LogP contribution in [0.1, 0.15) is 37.4 Å². The van der Waals surface area contributed by atoms with E-state index in [2.05, 4.69) is 15.0 Å². The number of H-pyrrole nitrogens is 1. The van der Waals surface area contributed by atoms with E-state index in [0.717, 1.165) is 28.1 Å². The van der Waals surface area contributed by atoms with Gasteiger partial charge in [0.1, 0.15) is 11.3 Å². The first-order chi connectivity index (χ1) is 16.5. The molecule has 2 heterocycles. The molecule has 0 aliphatic carbocycles. The monoisotopic (exact) mass is 524 g/mol. The van der Waals surface area contributed by atoms with Crippen molar-refractivity contribution in [2.75, 3.05) is 27.9 Å². The third kappa shape index (κ3) is 6.55. The van der Waals surface area contributed by atoms with Crippen LogP contribution in [0.25, 0.3) is 11.0 Å². The van der Waals surface area contributed by atoms with E-state index in [4.69, 9.17) is 13.6 Å².